The minimum atomic E-state index is -4.69. The van der Waals surface area contributed by atoms with Gasteiger partial charge in [-0.05, 0) is 48.1 Å². The second-order valence-electron chi connectivity index (χ2n) is 8.25. The summed E-state index contributed by atoms with van der Waals surface area (Å²) in [5, 5.41) is 0. The van der Waals surface area contributed by atoms with Crippen molar-refractivity contribution in [3.8, 4) is 22.6 Å². The monoisotopic (exact) mass is 420 g/mol. The van der Waals surface area contributed by atoms with Crippen LogP contribution < -0.4 is 9.47 Å². The van der Waals surface area contributed by atoms with E-state index in [-0.39, 0.29) is 11.9 Å². The van der Waals surface area contributed by atoms with Crippen LogP contribution in [-0.2, 0) is 4.74 Å². The minimum Gasteiger partial charge on any atom is -0.493 e. The van der Waals surface area contributed by atoms with Crippen molar-refractivity contribution in [2.75, 3.05) is 13.2 Å². The Morgan fingerprint density at radius 1 is 1.00 bits per heavy atom. The van der Waals surface area contributed by atoms with E-state index in [1.54, 1.807) is 12.1 Å². The maximum Gasteiger partial charge on any atom is 0.573 e. The lowest BCUT2D eigenvalue weighted by atomic mass is 9.81. The van der Waals surface area contributed by atoms with Crippen LogP contribution in [0.5, 0.6) is 11.5 Å². The summed E-state index contributed by atoms with van der Waals surface area (Å²) in [6.07, 6.45) is 1.50. The standard InChI is InChI=1S/C24H27F3O3/c1-2-3-4-5-16-12-19-15-28-22-13-18(8-11-21(22)23(19)29-14-16)17-6-9-20(10-7-17)30-24(25,26)27/h6-11,13,16,19,23H,2-5,12,14-15H2,1H3/t16-,19-,23+/m0/s1. The molecule has 0 amide bonds. The summed E-state index contributed by atoms with van der Waals surface area (Å²) in [7, 11) is 0. The molecule has 6 heteroatoms. The molecule has 2 aliphatic heterocycles. The van der Waals surface area contributed by atoms with Crippen molar-refractivity contribution in [3.05, 3.63) is 48.0 Å². The van der Waals surface area contributed by atoms with Crippen molar-refractivity contribution >= 4 is 0 Å². The molecule has 2 aromatic rings. The molecule has 1 fully saturated rings. The third kappa shape index (κ3) is 4.91. The van der Waals surface area contributed by atoms with E-state index in [1.165, 1.54) is 37.8 Å². The van der Waals surface area contributed by atoms with E-state index in [1.807, 2.05) is 18.2 Å². The molecule has 0 aromatic heterocycles. The number of hydrogen-bond donors (Lipinski definition) is 0. The van der Waals surface area contributed by atoms with Gasteiger partial charge in [-0.15, -0.1) is 13.2 Å². The van der Waals surface area contributed by atoms with Crippen LogP contribution in [0.25, 0.3) is 11.1 Å². The van der Waals surface area contributed by atoms with Gasteiger partial charge in [0, 0.05) is 11.5 Å². The van der Waals surface area contributed by atoms with E-state index in [4.69, 9.17) is 9.47 Å². The van der Waals surface area contributed by atoms with Crippen molar-refractivity contribution in [2.24, 2.45) is 11.8 Å². The van der Waals surface area contributed by atoms with Crippen LogP contribution in [-0.4, -0.2) is 19.6 Å². The van der Waals surface area contributed by atoms with Gasteiger partial charge in [-0.25, -0.2) is 0 Å². The lowest BCUT2D eigenvalue weighted by Gasteiger charge is -2.40. The third-order valence-electron chi connectivity index (χ3n) is 5.99. The molecule has 162 valence electrons. The molecule has 0 unspecified atom stereocenters. The largest absolute Gasteiger partial charge is 0.573 e. The molecule has 3 nitrogen and oxygen atoms in total. The van der Waals surface area contributed by atoms with E-state index < -0.39 is 6.36 Å². The Morgan fingerprint density at radius 3 is 2.50 bits per heavy atom. The quantitative estimate of drug-likeness (QED) is 0.475. The Labute approximate surface area is 175 Å². The van der Waals surface area contributed by atoms with Gasteiger partial charge in [-0.2, -0.15) is 0 Å². The van der Waals surface area contributed by atoms with E-state index >= 15 is 0 Å². The normalized spacial score (nSPS) is 23.3. The van der Waals surface area contributed by atoms with Crippen LogP contribution in [0.2, 0.25) is 0 Å². The number of hydrogen-bond acceptors (Lipinski definition) is 3. The van der Waals surface area contributed by atoms with Crippen molar-refractivity contribution in [1.82, 2.24) is 0 Å². The van der Waals surface area contributed by atoms with Crippen molar-refractivity contribution < 1.29 is 27.4 Å². The maximum absolute atomic E-state index is 12.3. The predicted octanol–water partition coefficient (Wildman–Crippen LogP) is 6.92. The molecule has 0 saturated carbocycles. The van der Waals surface area contributed by atoms with E-state index in [2.05, 4.69) is 11.7 Å². The number of fused-ring (bicyclic) bond motifs is 3. The number of benzene rings is 2. The van der Waals surface area contributed by atoms with Gasteiger partial charge in [0.05, 0.1) is 19.3 Å². The lowest BCUT2D eigenvalue weighted by Crippen LogP contribution is -2.35. The number of rotatable bonds is 6. The first-order chi connectivity index (χ1) is 14.4. The Hall–Kier alpha value is -2.21. The van der Waals surface area contributed by atoms with Gasteiger partial charge in [0.2, 0.25) is 0 Å². The molecule has 2 aliphatic rings. The highest BCUT2D eigenvalue weighted by atomic mass is 19.4. The van der Waals surface area contributed by atoms with Gasteiger partial charge in [0.25, 0.3) is 0 Å². The lowest BCUT2D eigenvalue weighted by molar-refractivity contribution is -0.274. The Kier molecular flexibility index (Phi) is 6.23. The predicted molar refractivity (Wildman–Crippen MR) is 108 cm³/mol. The first-order valence-corrected chi connectivity index (χ1v) is 10.7. The fraction of sp³-hybridized carbons (Fsp3) is 0.500. The molecule has 3 atom stereocenters. The highest BCUT2D eigenvalue weighted by molar-refractivity contribution is 5.67. The molecule has 0 N–H and O–H groups in total. The van der Waals surface area contributed by atoms with Gasteiger partial charge < -0.3 is 14.2 Å². The molecule has 30 heavy (non-hydrogen) atoms. The molecular weight excluding hydrogens is 393 g/mol. The molecule has 0 spiro atoms. The topological polar surface area (TPSA) is 27.7 Å². The highest BCUT2D eigenvalue weighted by Crippen LogP contribution is 2.45. The zero-order chi connectivity index (χ0) is 21.1. The summed E-state index contributed by atoms with van der Waals surface area (Å²) in [4.78, 5) is 0. The number of alkyl halides is 3. The first kappa shape index (κ1) is 21.0. The van der Waals surface area contributed by atoms with E-state index in [0.29, 0.717) is 18.4 Å². The van der Waals surface area contributed by atoms with E-state index in [0.717, 1.165) is 35.5 Å². The van der Waals surface area contributed by atoms with Gasteiger partial charge in [0.1, 0.15) is 11.5 Å². The summed E-state index contributed by atoms with van der Waals surface area (Å²) < 4.78 is 53.3. The van der Waals surface area contributed by atoms with Crippen LogP contribution in [0, 0.1) is 11.8 Å². The fourth-order valence-corrected chi connectivity index (χ4v) is 4.50. The zero-order valence-corrected chi connectivity index (χ0v) is 17.1. The molecule has 0 bridgehead atoms. The summed E-state index contributed by atoms with van der Waals surface area (Å²) >= 11 is 0. The van der Waals surface area contributed by atoms with Gasteiger partial charge in [-0.3, -0.25) is 0 Å². The van der Waals surface area contributed by atoms with Crippen LogP contribution in [0.15, 0.2) is 42.5 Å². The van der Waals surface area contributed by atoms with Gasteiger partial charge in [-0.1, -0.05) is 50.5 Å². The van der Waals surface area contributed by atoms with Crippen molar-refractivity contribution in [3.63, 3.8) is 0 Å². The summed E-state index contributed by atoms with van der Waals surface area (Å²) in [6.45, 7) is 3.66. The number of unbranched alkanes of at least 4 members (excludes halogenated alkanes) is 2. The maximum atomic E-state index is 12.3. The van der Waals surface area contributed by atoms with Gasteiger partial charge >= 0.3 is 6.36 Å². The molecule has 0 radical (unpaired) electrons. The second-order valence-corrected chi connectivity index (χ2v) is 8.25. The SMILES string of the molecule is CCCCC[C@@H]1CO[C@H]2c3ccc(-c4ccc(OC(F)(F)F)cc4)cc3OC[C@@H]2C1. The second kappa shape index (κ2) is 8.88. The van der Waals surface area contributed by atoms with Crippen molar-refractivity contribution in [1.29, 1.82) is 0 Å². The molecule has 0 aliphatic carbocycles. The molecule has 2 heterocycles. The van der Waals surface area contributed by atoms with Crippen LogP contribution in [0.4, 0.5) is 13.2 Å². The van der Waals surface area contributed by atoms with Crippen LogP contribution in [0.1, 0.15) is 50.7 Å². The van der Waals surface area contributed by atoms with Crippen molar-refractivity contribution in [2.45, 2.75) is 51.5 Å². The van der Waals surface area contributed by atoms with Crippen LogP contribution >= 0.6 is 0 Å². The number of halogens is 3. The summed E-state index contributed by atoms with van der Waals surface area (Å²) in [5.41, 5.74) is 2.76. The third-order valence-corrected chi connectivity index (χ3v) is 5.99. The average molecular weight is 420 g/mol. The average Bonchev–Trinajstić information content (AvgIpc) is 2.73. The Morgan fingerprint density at radius 2 is 1.77 bits per heavy atom. The van der Waals surface area contributed by atoms with Gasteiger partial charge in [0.15, 0.2) is 0 Å². The minimum absolute atomic E-state index is 0.0628. The summed E-state index contributed by atoms with van der Waals surface area (Å²) in [6, 6.07) is 11.8. The fourth-order valence-electron chi connectivity index (χ4n) is 4.50. The first-order valence-electron chi connectivity index (χ1n) is 10.7. The molecule has 4 rings (SSSR count). The smallest absolute Gasteiger partial charge is 0.493 e. The summed E-state index contributed by atoms with van der Waals surface area (Å²) in [5.74, 6) is 1.56. The Bertz CT molecular complexity index is 848. The van der Waals surface area contributed by atoms with Crippen LogP contribution in [0.3, 0.4) is 0 Å². The Balaban J connectivity index is 1.44. The number of ether oxygens (including phenoxy) is 3. The molecule has 1 saturated heterocycles. The zero-order valence-electron chi connectivity index (χ0n) is 17.1. The molecule has 2 aromatic carbocycles. The highest BCUT2D eigenvalue weighted by Gasteiger charge is 2.37. The van der Waals surface area contributed by atoms with E-state index in [9.17, 15) is 13.2 Å². The molecular formula is C24H27F3O3.